The molecule has 4 rings (SSSR count). The second-order valence-corrected chi connectivity index (χ2v) is 8.54. The summed E-state index contributed by atoms with van der Waals surface area (Å²) in [7, 11) is 0. The van der Waals surface area contributed by atoms with Crippen molar-refractivity contribution in [1.82, 2.24) is 14.8 Å². The minimum absolute atomic E-state index is 0.613. The van der Waals surface area contributed by atoms with E-state index in [2.05, 4.69) is 37.2 Å². The van der Waals surface area contributed by atoms with Crippen molar-refractivity contribution in [3.8, 4) is 0 Å². The molecule has 0 amide bonds. The number of thiophene rings is 1. The molecule has 2 fully saturated rings. The number of halogens is 3. The lowest BCUT2D eigenvalue weighted by Gasteiger charge is -2.43. The first-order chi connectivity index (χ1) is 13.5. The van der Waals surface area contributed by atoms with Crippen LogP contribution in [0.4, 0.5) is 19.0 Å². The molecule has 0 aliphatic carbocycles. The SMILES string of the molecule is FC(F)(F)c1ccc(N2CCN(C3CCN(Cc4cccs4)CC3)CC2)nc1. The van der Waals surface area contributed by atoms with Crippen LogP contribution in [-0.4, -0.2) is 60.1 Å². The number of rotatable bonds is 4. The van der Waals surface area contributed by atoms with Crippen LogP contribution in [0.5, 0.6) is 0 Å². The molecular weight excluding hydrogens is 385 g/mol. The number of aromatic nitrogens is 1. The third-order valence-corrected chi connectivity index (χ3v) is 6.61. The van der Waals surface area contributed by atoms with E-state index in [4.69, 9.17) is 0 Å². The maximum Gasteiger partial charge on any atom is 0.417 e. The Morgan fingerprint density at radius 2 is 1.75 bits per heavy atom. The molecule has 0 aromatic carbocycles. The van der Waals surface area contributed by atoms with E-state index in [1.54, 1.807) is 0 Å². The Morgan fingerprint density at radius 3 is 2.32 bits per heavy atom. The monoisotopic (exact) mass is 410 g/mol. The van der Waals surface area contributed by atoms with E-state index < -0.39 is 11.7 Å². The van der Waals surface area contributed by atoms with E-state index in [0.29, 0.717) is 11.9 Å². The number of piperazine rings is 1. The average molecular weight is 411 g/mol. The summed E-state index contributed by atoms with van der Waals surface area (Å²) in [4.78, 5) is 12.6. The van der Waals surface area contributed by atoms with Crippen LogP contribution >= 0.6 is 11.3 Å². The number of pyridine rings is 1. The highest BCUT2D eigenvalue weighted by atomic mass is 32.1. The lowest BCUT2D eigenvalue weighted by molar-refractivity contribution is -0.137. The van der Waals surface area contributed by atoms with Crippen LogP contribution in [-0.2, 0) is 12.7 Å². The fourth-order valence-electron chi connectivity index (χ4n) is 4.12. The number of likely N-dealkylation sites (tertiary alicyclic amines) is 1. The Bertz CT molecular complexity index is 732. The van der Waals surface area contributed by atoms with Gasteiger partial charge in [-0.15, -0.1) is 11.3 Å². The van der Waals surface area contributed by atoms with Gasteiger partial charge in [0.05, 0.1) is 5.56 Å². The van der Waals surface area contributed by atoms with Gasteiger partial charge in [-0.2, -0.15) is 13.2 Å². The minimum Gasteiger partial charge on any atom is -0.354 e. The number of hydrogen-bond donors (Lipinski definition) is 0. The predicted molar refractivity (Wildman–Crippen MR) is 106 cm³/mol. The normalized spacial score (nSPS) is 20.6. The van der Waals surface area contributed by atoms with E-state index >= 15 is 0 Å². The number of hydrogen-bond acceptors (Lipinski definition) is 5. The molecule has 4 nitrogen and oxygen atoms in total. The smallest absolute Gasteiger partial charge is 0.354 e. The minimum atomic E-state index is -4.33. The van der Waals surface area contributed by atoms with Gasteiger partial charge in [0.1, 0.15) is 5.82 Å². The molecule has 2 aliphatic heterocycles. The molecule has 152 valence electrons. The Balaban J connectivity index is 1.24. The third kappa shape index (κ3) is 4.67. The fourth-order valence-corrected chi connectivity index (χ4v) is 4.87. The molecule has 8 heteroatoms. The molecule has 0 saturated carbocycles. The topological polar surface area (TPSA) is 22.6 Å². The van der Waals surface area contributed by atoms with E-state index in [0.717, 1.165) is 58.1 Å². The van der Waals surface area contributed by atoms with Crippen molar-refractivity contribution in [2.45, 2.75) is 31.6 Å². The van der Waals surface area contributed by atoms with E-state index in [9.17, 15) is 13.2 Å². The molecule has 0 bridgehead atoms. The van der Waals surface area contributed by atoms with Crippen LogP contribution in [0.3, 0.4) is 0 Å². The Morgan fingerprint density at radius 1 is 1.00 bits per heavy atom. The van der Waals surface area contributed by atoms with Crippen molar-refractivity contribution in [3.63, 3.8) is 0 Å². The van der Waals surface area contributed by atoms with Crippen LogP contribution in [0, 0.1) is 0 Å². The van der Waals surface area contributed by atoms with E-state index in [-0.39, 0.29) is 0 Å². The van der Waals surface area contributed by atoms with Gasteiger partial charge in [-0.05, 0) is 36.4 Å². The summed E-state index contributed by atoms with van der Waals surface area (Å²) in [5, 5.41) is 2.13. The van der Waals surface area contributed by atoms with Gasteiger partial charge in [0, 0.05) is 62.9 Å². The number of piperidine rings is 1. The lowest BCUT2D eigenvalue weighted by Crippen LogP contribution is -2.53. The summed E-state index contributed by atoms with van der Waals surface area (Å²) in [6, 6.07) is 7.53. The number of nitrogens with zero attached hydrogens (tertiary/aromatic N) is 4. The molecule has 2 aromatic heterocycles. The van der Waals surface area contributed by atoms with Crippen LogP contribution in [0.1, 0.15) is 23.3 Å². The average Bonchev–Trinajstić information content (AvgIpc) is 3.21. The lowest BCUT2D eigenvalue weighted by atomic mass is 10.0. The largest absolute Gasteiger partial charge is 0.417 e. The molecule has 0 unspecified atom stereocenters. The Kier molecular flexibility index (Phi) is 5.89. The van der Waals surface area contributed by atoms with Crippen molar-refractivity contribution in [2.75, 3.05) is 44.2 Å². The van der Waals surface area contributed by atoms with Gasteiger partial charge in [-0.3, -0.25) is 9.80 Å². The zero-order chi connectivity index (χ0) is 19.6. The van der Waals surface area contributed by atoms with Gasteiger partial charge in [0.15, 0.2) is 0 Å². The third-order valence-electron chi connectivity index (χ3n) is 5.75. The molecule has 2 aliphatic rings. The first-order valence-electron chi connectivity index (χ1n) is 9.76. The zero-order valence-electron chi connectivity index (χ0n) is 15.7. The standard InChI is InChI=1S/C20H25F3N4S/c21-20(22,23)16-3-4-19(24-14-16)27-11-9-26(10-12-27)17-5-7-25(8-6-17)15-18-2-1-13-28-18/h1-4,13-14,17H,5-12,15H2. The highest BCUT2D eigenvalue weighted by Gasteiger charge is 2.31. The van der Waals surface area contributed by atoms with Crippen molar-refractivity contribution in [1.29, 1.82) is 0 Å². The number of alkyl halides is 3. The zero-order valence-corrected chi connectivity index (χ0v) is 16.6. The molecule has 28 heavy (non-hydrogen) atoms. The first-order valence-corrected chi connectivity index (χ1v) is 10.6. The van der Waals surface area contributed by atoms with Crippen LogP contribution in [0.25, 0.3) is 0 Å². The summed E-state index contributed by atoms with van der Waals surface area (Å²) in [5.41, 5.74) is -0.691. The van der Waals surface area contributed by atoms with E-state index in [1.807, 2.05) is 11.3 Å². The Hall–Kier alpha value is -1.64. The molecule has 2 saturated heterocycles. The summed E-state index contributed by atoms with van der Waals surface area (Å²) < 4.78 is 38.1. The van der Waals surface area contributed by atoms with Gasteiger partial charge >= 0.3 is 6.18 Å². The quantitative estimate of drug-likeness (QED) is 0.761. The maximum atomic E-state index is 12.7. The predicted octanol–water partition coefficient (Wildman–Crippen LogP) is 3.95. The molecule has 0 spiro atoms. The molecule has 4 heterocycles. The highest BCUT2D eigenvalue weighted by molar-refractivity contribution is 7.09. The summed E-state index contributed by atoms with van der Waals surface area (Å²) in [6.07, 6.45) is -1.03. The summed E-state index contributed by atoms with van der Waals surface area (Å²) >= 11 is 1.82. The second-order valence-electron chi connectivity index (χ2n) is 7.51. The molecule has 0 radical (unpaired) electrons. The van der Waals surface area contributed by atoms with Gasteiger partial charge in [0.25, 0.3) is 0 Å². The van der Waals surface area contributed by atoms with Crippen LogP contribution < -0.4 is 4.90 Å². The van der Waals surface area contributed by atoms with Gasteiger partial charge < -0.3 is 4.90 Å². The van der Waals surface area contributed by atoms with E-state index in [1.165, 1.54) is 23.8 Å². The van der Waals surface area contributed by atoms with Crippen molar-refractivity contribution in [3.05, 3.63) is 46.3 Å². The fraction of sp³-hybridized carbons (Fsp3) is 0.550. The molecular formula is C20H25F3N4S. The molecule has 0 atom stereocenters. The van der Waals surface area contributed by atoms with Gasteiger partial charge in [-0.1, -0.05) is 6.07 Å². The Labute approximate surface area is 167 Å². The molecule has 0 N–H and O–H groups in total. The van der Waals surface area contributed by atoms with Gasteiger partial charge in [-0.25, -0.2) is 4.98 Å². The van der Waals surface area contributed by atoms with Crippen molar-refractivity contribution >= 4 is 17.2 Å². The van der Waals surface area contributed by atoms with Crippen molar-refractivity contribution in [2.24, 2.45) is 0 Å². The summed E-state index contributed by atoms with van der Waals surface area (Å²) in [5.74, 6) is 0.637. The van der Waals surface area contributed by atoms with Gasteiger partial charge in [0.2, 0.25) is 0 Å². The van der Waals surface area contributed by atoms with Crippen molar-refractivity contribution < 1.29 is 13.2 Å². The second kappa shape index (κ2) is 8.39. The van der Waals surface area contributed by atoms with Crippen LogP contribution in [0.2, 0.25) is 0 Å². The highest BCUT2D eigenvalue weighted by Crippen LogP contribution is 2.29. The first kappa shape index (κ1) is 19.7. The number of anilines is 1. The van der Waals surface area contributed by atoms with Crippen LogP contribution in [0.15, 0.2) is 35.8 Å². The maximum absolute atomic E-state index is 12.7. The summed E-state index contributed by atoms with van der Waals surface area (Å²) in [6.45, 7) is 6.82. The molecule has 2 aromatic rings.